The lowest BCUT2D eigenvalue weighted by Crippen LogP contribution is -1.89. The van der Waals surface area contributed by atoms with Crippen LogP contribution in [-0.4, -0.2) is 0 Å². The van der Waals surface area contributed by atoms with E-state index in [-0.39, 0.29) is 12.0 Å². The monoisotopic (exact) mass is 160 g/mol. The molecule has 3 heteroatoms. The fourth-order valence-corrected chi connectivity index (χ4v) is 0.865. The summed E-state index contributed by atoms with van der Waals surface area (Å²) in [6, 6.07) is 7.68. The standard InChI is InChI=1S/C9H5FN2/c10-9-2-1-7(6-12)5-8(9)3-4-11/h1-2,5H,3H2. The Balaban J connectivity index is 3.12. The SMILES string of the molecule is N#CCc1cc(C#N)ccc1F. The Morgan fingerprint density at radius 3 is 2.67 bits per heavy atom. The zero-order valence-electron chi connectivity index (χ0n) is 6.21. The molecule has 0 unspecified atom stereocenters. The van der Waals surface area contributed by atoms with Crippen LogP contribution >= 0.6 is 0 Å². The average Bonchev–Trinajstić information content (AvgIpc) is 2.09. The average molecular weight is 160 g/mol. The lowest BCUT2D eigenvalue weighted by Gasteiger charge is -1.96. The summed E-state index contributed by atoms with van der Waals surface area (Å²) < 4.78 is 12.8. The molecule has 0 bridgehead atoms. The topological polar surface area (TPSA) is 47.6 Å². The van der Waals surface area contributed by atoms with Gasteiger partial charge in [-0.1, -0.05) is 0 Å². The fraction of sp³-hybridized carbons (Fsp3) is 0.111. The Hall–Kier alpha value is -1.87. The van der Waals surface area contributed by atoms with Crippen molar-refractivity contribution >= 4 is 0 Å². The van der Waals surface area contributed by atoms with Gasteiger partial charge in [0.05, 0.1) is 24.1 Å². The van der Waals surface area contributed by atoms with Crippen LogP contribution in [0.1, 0.15) is 11.1 Å². The Morgan fingerprint density at radius 1 is 1.33 bits per heavy atom. The van der Waals surface area contributed by atoms with Gasteiger partial charge >= 0.3 is 0 Å². The summed E-state index contributed by atoms with van der Waals surface area (Å²) in [4.78, 5) is 0. The van der Waals surface area contributed by atoms with Gasteiger partial charge in [0.1, 0.15) is 5.82 Å². The fourth-order valence-electron chi connectivity index (χ4n) is 0.865. The summed E-state index contributed by atoms with van der Waals surface area (Å²) in [5.41, 5.74) is 0.651. The molecule has 58 valence electrons. The number of halogens is 1. The molecular weight excluding hydrogens is 155 g/mol. The lowest BCUT2D eigenvalue weighted by molar-refractivity contribution is 0.615. The Labute approximate surface area is 69.5 Å². The Kier molecular flexibility index (Phi) is 2.40. The van der Waals surface area contributed by atoms with Crippen LogP contribution < -0.4 is 0 Å². The van der Waals surface area contributed by atoms with Gasteiger partial charge in [-0.2, -0.15) is 10.5 Å². The molecule has 1 rings (SSSR count). The molecule has 0 N–H and O–H groups in total. The minimum absolute atomic E-state index is 0.00134. The lowest BCUT2D eigenvalue weighted by atomic mass is 10.1. The second-order valence-electron chi connectivity index (χ2n) is 2.25. The predicted molar refractivity (Wildman–Crippen MR) is 40.4 cm³/mol. The molecule has 0 saturated heterocycles. The maximum Gasteiger partial charge on any atom is 0.127 e. The first-order valence-corrected chi connectivity index (χ1v) is 3.33. The molecular formula is C9H5FN2. The van der Waals surface area contributed by atoms with Gasteiger partial charge in [0.25, 0.3) is 0 Å². The summed E-state index contributed by atoms with van der Waals surface area (Å²) in [6.45, 7) is 0. The van der Waals surface area contributed by atoms with Crippen LogP contribution in [0.5, 0.6) is 0 Å². The summed E-state index contributed by atoms with van der Waals surface area (Å²) in [7, 11) is 0. The van der Waals surface area contributed by atoms with E-state index >= 15 is 0 Å². The second-order valence-corrected chi connectivity index (χ2v) is 2.25. The first kappa shape index (κ1) is 8.23. The van der Waals surface area contributed by atoms with E-state index in [1.54, 1.807) is 0 Å². The van der Waals surface area contributed by atoms with Gasteiger partial charge in [-0.3, -0.25) is 0 Å². The van der Waals surface area contributed by atoms with Crippen molar-refractivity contribution in [2.24, 2.45) is 0 Å². The number of benzene rings is 1. The number of hydrogen-bond acceptors (Lipinski definition) is 2. The molecule has 0 aliphatic rings. The molecule has 0 atom stereocenters. The highest BCUT2D eigenvalue weighted by Gasteiger charge is 2.01. The van der Waals surface area contributed by atoms with Crippen molar-refractivity contribution in [2.45, 2.75) is 6.42 Å². The molecule has 12 heavy (non-hydrogen) atoms. The van der Waals surface area contributed by atoms with E-state index in [9.17, 15) is 4.39 Å². The minimum Gasteiger partial charge on any atom is -0.207 e. The van der Waals surface area contributed by atoms with Crippen LogP contribution in [0.4, 0.5) is 4.39 Å². The third-order valence-corrected chi connectivity index (χ3v) is 1.44. The molecule has 0 radical (unpaired) electrons. The third kappa shape index (κ3) is 1.59. The van der Waals surface area contributed by atoms with Crippen LogP contribution in [0.3, 0.4) is 0 Å². The largest absolute Gasteiger partial charge is 0.207 e. The summed E-state index contributed by atoms with van der Waals surface area (Å²) in [6.07, 6.45) is 0.00134. The van der Waals surface area contributed by atoms with Crippen LogP contribution in [0.15, 0.2) is 18.2 Å². The van der Waals surface area contributed by atoms with Gasteiger partial charge in [-0.15, -0.1) is 0 Å². The van der Waals surface area contributed by atoms with E-state index in [0.29, 0.717) is 5.56 Å². The first-order chi connectivity index (χ1) is 5.77. The van der Waals surface area contributed by atoms with Crippen molar-refractivity contribution in [3.63, 3.8) is 0 Å². The van der Waals surface area contributed by atoms with E-state index in [1.165, 1.54) is 18.2 Å². The smallest absolute Gasteiger partial charge is 0.127 e. The first-order valence-electron chi connectivity index (χ1n) is 3.33. The highest BCUT2D eigenvalue weighted by Crippen LogP contribution is 2.09. The van der Waals surface area contributed by atoms with Crippen molar-refractivity contribution in [2.75, 3.05) is 0 Å². The molecule has 1 aromatic rings. The van der Waals surface area contributed by atoms with Crippen molar-refractivity contribution in [3.8, 4) is 12.1 Å². The number of rotatable bonds is 1. The number of nitriles is 2. The van der Waals surface area contributed by atoms with Crippen LogP contribution in [-0.2, 0) is 6.42 Å². The summed E-state index contributed by atoms with van der Waals surface area (Å²) in [5.74, 6) is -0.435. The van der Waals surface area contributed by atoms with E-state index < -0.39 is 5.82 Å². The Morgan fingerprint density at radius 2 is 2.08 bits per heavy atom. The van der Waals surface area contributed by atoms with Crippen molar-refractivity contribution in [1.82, 2.24) is 0 Å². The van der Waals surface area contributed by atoms with E-state index in [2.05, 4.69) is 0 Å². The second kappa shape index (κ2) is 3.50. The Bertz CT molecular complexity index is 371. The zero-order chi connectivity index (χ0) is 8.97. The van der Waals surface area contributed by atoms with Crippen LogP contribution in [0.25, 0.3) is 0 Å². The quantitative estimate of drug-likeness (QED) is 0.628. The van der Waals surface area contributed by atoms with Crippen molar-refractivity contribution in [1.29, 1.82) is 10.5 Å². The predicted octanol–water partition coefficient (Wildman–Crippen LogP) is 1.76. The molecule has 2 nitrogen and oxygen atoms in total. The van der Waals surface area contributed by atoms with Gasteiger partial charge in [-0.05, 0) is 18.2 Å². The maximum absolute atomic E-state index is 12.8. The minimum atomic E-state index is -0.435. The van der Waals surface area contributed by atoms with E-state index in [0.717, 1.165) is 0 Å². The van der Waals surface area contributed by atoms with Gasteiger partial charge < -0.3 is 0 Å². The van der Waals surface area contributed by atoms with Crippen LogP contribution in [0.2, 0.25) is 0 Å². The molecule has 0 aromatic heterocycles. The van der Waals surface area contributed by atoms with Crippen molar-refractivity contribution in [3.05, 3.63) is 35.1 Å². The molecule has 0 aliphatic carbocycles. The van der Waals surface area contributed by atoms with Gasteiger partial charge in [-0.25, -0.2) is 4.39 Å². The highest BCUT2D eigenvalue weighted by atomic mass is 19.1. The molecule has 0 amide bonds. The maximum atomic E-state index is 12.8. The number of nitrogens with zero attached hydrogens (tertiary/aromatic N) is 2. The molecule has 0 spiro atoms. The van der Waals surface area contributed by atoms with Crippen molar-refractivity contribution < 1.29 is 4.39 Å². The normalized spacial score (nSPS) is 8.58. The highest BCUT2D eigenvalue weighted by molar-refractivity contribution is 5.34. The van der Waals surface area contributed by atoms with Gasteiger partial charge in [0, 0.05) is 5.56 Å². The van der Waals surface area contributed by atoms with E-state index in [1.807, 2.05) is 12.1 Å². The van der Waals surface area contributed by atoms with E-state index in [4.69, 9.17) is 10.5 Å². The number of hydrogen-bond donors (Lipinski definition) is 0. The summed E-state index contributed by atoms with van der Waals surface area (Å²) in [5, 5.41) is 16.8. The molecule has 0 fully saturated rings. The summed E-state index contributed by atoms with van der Waals surface area (Å²) >= 11 is 0. The third-order valence-electron chi connectivity index (χ3n) is 1.44. The van der Waals surface area contributed by atoms with Crippen LogP contribution in [0, 0.1) is 28.5 Å². The zero-order valence-corrected chi connectivity index (χ0v) is 6.21. The van der Waals surface area contributed by atoms with Gasteiger partial charge in [0.2, 0.25) is 0 Å². The van der Waals surface area contributed by atoms with Gasteiger partial charge in [0.15, 0.2) is 0 Å². The molecule has 1 aromatic carbocycles. The molecule has 0 aliphatic heterocycles. The molecule has 0 saturated carbocycles. The molecule has 0 heterocycles.